The normalized spacial score (nSPS) is 16.3. The third-order valence-electron chi connectivity index (χ3n) is 5.69. The molecule has 0 amide bonds. The van der Waals surface area contributed by atoms with Gasteiger partial charge in [0.1, 0.15) is 0 Å². The fourth-order valence-corrected chi connectivity index (χ4v) is 14.6. The zero-order chi connectivity index (χ0) is 17.0. The van der Waals surface area contributed by atoms with E-state index >= 15 is 0 Å². The molecule has 0 bridgehead atoms. The van der Waals surface area contributed by atoms with Crippen LogP contribution in [0, 0.1) is 0 Å². The molecule has 0 N–H and O–H groups in total. The number of hydrogen-bond donors (Lipinski definition) is 0. The molecule has 0 atom stereocenters. The zero-order valence-corrected chi connectivity index (χ0v) is 21.8. The fraction of sp³-hybridized carbons (Fsp3) is 0.227. The van der Waals surface area contributed by atoms with Gasteiger partial charge in [-0.3, -0.25) is 0 Å². The minimum Gasteiger partial charge on any atom is -1.00 e. The molecule has 5 rings (SSSR count). The maximum absolute atomic E-state index is 3.69. The van der Waals surface area contributed by atoms with Crippen LogP contribution in [0.4, 0.5) is 0 Å². The summed E-state index contributed by atoms with van der Waals surface area (Å²) >= 11 is 5.49. The molecule has 1 fully saturated rings. The van der Waals surface area contributed by atoms with Crippen LogP contribution in [0.5, 0.6) is 0 Å². The van der Waals surface area contributed by atoms with Gasteiger partial charge in [0.2, 0.25) is 0 Å². The maximum Gasteiger partial charge on any atom is -1.00 e. The Hall–Kier alpha value is 0.213. The topological polar surface area (TPSA) is 0 Å². The van der Waals surface area contributed by atoms with Gasteiger partial charge in [-0.2, -0.15) is 0 Å². The van der Waals surface area contributed by atoms with E-state index in [0.29, 0.717) is 3.63 Å². The van der Waals surface area contributed by atoms with Gasteiger partial charge in [-0.25, -0.2) is 0 Å². The van der Waals surface area contributed by atoms with E-state index in [2.05, 4.69) is 86.5 Å². The second kappa shape index (κ2) is 8.92. The van der Waals surface area contributed by atoms with Gasteiger partial charge in [0.05, 0.1) is 0 Å². The molecule has 0 aliphatic heterocycles. The monoisotopic (exact) mass is 600 g/mol. The fourth-order valence-electron chi connectivity index (χ4n) is 4.39. The SMILES string of the molecule is Brc1ccc2c(c1)-c1cc(Br)ccc1[CH]2[Zr+2]([C]1=CC=CC1)=[C]1CCC1.[Cl-].[Cl-]. The summed E-state index contributed by atoms with van der Waals surface area (Å²) in [6.07, 6.45) is 12.5. The summed E-state index contributed by atoms with van der Waals surface area (Å²) in [5.41, 5.74) is 6.05. The Morgan fingerprint density at radius 3 is 1.89 bits per heavy atom. The Balaban J connectivity index is 0.00000105. The van der Waals surface area contributed by atoms with E-state index in [1.54, 1.807) is 14.4 Å². The Morgan fingerprint density at radius 1 is 0.852 bits per heavy atom. The molecular weight excluding hydrogens is 586 g/mol. The third kappa shape index (κ3) is 3.85. The van der Waals surface area contributed by atoms with Crippen LogP contribution in [0.25, 0.3) is 11.1 Å². The Bertz CT molecular complexity index is 934. The van der Waals surface area contributed by atoms with Crippen molar-refractivity contribution in [2.75, 3.05) is 0 Å². The van der Waals surface area contributed by atoms with Crippen LogP contribution in [0.1, 0.15) is 40.4 Å². The van der Waals surface area contributed by atoms with E-state index in [0.717, 1.165) is 0 Å². The summed E-state index contributed by atoms with van der Waals surface area (Å²) in [7, 11) is 0. The van der Waals surface area contributed by atoms with Gasteiger partial charge in [-0.05, 0) is 0 Å². The number of allylic oxidation sites excluding steroid dienone is 4. The predicted molar refractivity (Wildman–Crippen MR) is 110 cm³/mol. The third-order valence-corrected chi connectivity index (χ3v) is 15.3. The van der Waals surface area contributed by atoms with Crippen LogP contribution in [0.2, 0.25) is 0 Å². The van der Waals surface area contributed by atoms with E-state index in [1.807, 2.05) is 3.21 Å². The first kappa shape index (κ1) is 21.9. The van der Waals surface area contributed by atoms with Crippen LogP contribution in [0.3, 0.4) is 0 Å². The van der Waals surface area contributed by atoms with Crippen LogP contribution in [-0.2, 0) is 21.3 Å². The Kier molecular flexibility index (Phi) is 7.24. The average molecular weight is 604 g/mol. The van der Waals surface area contributed by atoms with Crippen molar-refractivity contribution >= 4 is 35.1 Å². The van der Waals surface area contributed by atoms with E-state index < -0.39 is 21.3 Å². The van der Waals surface area contributed by atoms with Gasteiger partial charge in [0, 0.05) is 0 Å². The standard InChI is InChI=1S/C13H7Br2.C5H5.C4H6.2ClH.Zr/c14-10-3-1-8-5-9-2-4-11(15)7-13(9)12(8)6-10;1-2-4-5-3-1;1-2-4-3-1;;;/h1-7H;1-3H,4H2;1-3H2;2*1H;/q;;;;;+2/p-2. The smallest absolute Gasteiger partial charge is 1.00 e. The number of hydrogen-bond acceptors (Lipinski definition) is 0. The first-order valence-corrected chi connectivity index (χ1v) is 14.4. The van der Waals surface area contributed by atoms with Gasteiger partial charge in [0.25, 0.3) is 0 Å². The molecule has 0 nitrogen and oxygen atoms in total. The van der Waals surface area contributed by atoms with Gasteiger partial charge >= 0.3 is 175 Å². The van der Waals surface area contributed by atoms with E-state index in [-0.39, 0.29) is 24.8 Å². The van der Waals surface area contributed by atoms with Crippen molar-refractivity contribution in [2.45, 2.75) is 29.3 Å². The second-order valence-corrected chi connectivity index (χ2v) is 15.7. The Morgan fingerprint density at radius 2 is 1.44 bits per heavy atom. The van der Waals surface area contributed by atoms with E-state index in [1.165, 1.54) is 45.8 Å². The van der Waals surface area contributed by atoms with Gasteiger partial charge < -0.3 is 24.8 Å². The van der Waals surface area contributed by atoms with Crippen molar-refractivity contribution in [3.8, 4) is 11.1 Å². The zero-order valence-electron chi connectivity index (χ0n) is 14.6. The molecule has 3 aliphatic carbocycles. The molecule has 27 heavy (non-hydrogen) atoms. The largest absolute Gasteiger partial charge is 1.00 e. The van der Waals surface area contributed by atoms with Crippen molar-refractivity contribution in [3.63, 3.8) is 0 Å². The van der Waals surface area contributed by atoms with Gasteiger partial charge in [0.15, 0.2) is 0 Å². The molecule has 0 radical (unpaired) electrons. The predicted octanol–water partition coefficient (Wildman–Crippen LogP) is 1.11. The molecule has 2 aromatic rings. The molecule has 0 heterocycles. The van der Waals surface area contributed by atoms with Crippen LogP contribution >= 0.6 is 31.9 Å². The molecule has 0 saturated heterocycles. The molecule has 0 unspecified atom stereocenters. The molecule has 3 aliphatic rings. The van der Waals surface area contributed by atoms with E-state index in [4.69, 9.17) is 0 Å². The summed E-state index contributed by atoms with van der Waals surface area (Å²) in [5, 5.41) is 0. The van der Waals surface area contributed by atoms with Crippen molar-refractivity contribution in [3.05, 3.63) is 78.0 Å². The summed E-state index contributed by atoms with van der Waals surface area (Å²) in [6, 6.07) is 13.9. The van der Waals surface area contributed by atoms with Crippen LogP contribution in [-0.4, -0.2) is 3.21 Å². The minimum absolute atomic E-state index is 0. The molecule has 0 spiro atoms. The maximum atomic E-state index is 3.69. The molecule has 1 saturated carbocycles. The summed E-state index contributed by atoms with van der Waals surface area (Å²) < 4.78 is 6.77. The van der Waals surface area contributed by atoms with Gasteiger partial charge in [-0.1, -0.05) is 0 Å². The molecule has 138 valence electrons. The van der Waals surface area contributed by atoms with E-state index in [9.17, 15) is 0 Å². The summed E-state index contributed by atoms with van der Waals surface area (Å²) in [5.74, 6) is 0. The number of halogens is 4. The van der Waals surface area contributed by atoms with Crippen molar-refractivity contribution < 1.29 is 46.1 Å². The second-order valence-electron chi connectivity index (χ2n) is 7.09. The first-order chi connectivity index (χ1) is 12.2. The van der Waals surface area contributed by atoms with Gasteiger partial charge in [-0.15, -0.1) is 0 Å². The summed E-state index contributed by atoms with van der Waals surface area (Å²) in [6.45, 7) is 0. The van der Waals surface area contributed by atoms with Crippen LogP contribution in [0.15, 0.2) is 66.9 Å². The quantitative estimate of drug-likeness (QED) is 0.483. The number of benzene rings is 2. The van der Waals surface area contributed by atoms with Crippen LogP contribution < -0.4 is 24.8 Å². The Labute approximate surface area is 197 Å². The molecule has 0 aromatic heterocycles. The van der Waals surface area contributed by atoms with Crippen molar-refractivity contribution in [2.24, 2.45) is 0 Å². The number of fused-ring (bicyclic) bond motifs is 3. The molecule has 5 heteroatoms. The molecular formula is C22H18Br2Cl2Zr. The van der Waals surface area contributed by atoms with Crippen molar-refractivity contribution in [1.82, 2.24) is 0 Å². The average Bonchev–Trinajstić information content (AvgIpc) is 3.17. The summed E-state index contributed by atoms with van der Waals surface area (Å²) in [4.78, 5) is 0. The minimum atomic E-state index is -1.89. The van der Waals surface area contributed by atoms with Crippen molar-refractivity contribution in [1.29, 1.82) is 0 Å². The first-order valence-electron chi connectivity index (χ1n) is 8.89. The molecule has 2 aromatic carbocycles. The number of rotatable bonds is 2.